The Morgan fingerprint density at radius 3 is 3.10 bits per heavy atom. The smallest absolute Gasteiger partial charge is 0.236 e. The van der Waals surface area contributed by atoms with Gasteiger partial charge in [-0.15, -0.1) is 0 Å². The second kappa shape index (κ2) is 5.54. The van der Waals surface area contributed by atoms with Crippen molar-refractivity contribution in [1.29, 1.82) is 0 Å². The van der Waals surface area contributed by atoms with Gasteiger partial charge in [-0.2, -0.15) is 0 Å². The van der Waals surface area contributed by atoms with Crippen molar-refractivity contribution in [2.24, 2.45) is 0 Å². The number of carbonyl (C=O) groups excluding carboxylic acids is 1. The molecule has 5 nitrogen and oxygen atoms in total. The first-order valence-electron chi connectivity index (χ1n) is 6.90. The molecule has 2 heterocycles. The van der Waals surface area contributed by atoms with Crippen molar-refractivity contribution in [2.75, 3.05) is 33.3 Å². The van der Waals surface area contributed by atoms with Crippen molar-refractivity contribution in [3.63, 3.8) is 0 Å². The van der Waals surface area contributed by atoms with Crippen LogP contribution in [0.1, 0.15) is 5.56 Å². The molecule has 0 atom stereocenters. The molecule has 0 bridgehead atoms. The molecule has 0 saturated carbocycles. The summed E-state index contributed by atoms with van der Waals surface area (Å²) in [6.07, 6.45) is 2.88. The van der Waals surface area contributed by atoms with E-state index in [1.54, 1.807) is 7.11 Å². The number of nitrogens with one attached hydrogen (secondary N) is 2. The highest BCUT2D eigenvalue weighted by atomic mass is 16.5. The molecule has 0 aliphatic carbocycles. The molecule has 1 fully saturated rings. The summed E-state index contributed by atoms with van der Waals surface area (Å²) in [5, 5.41) is 4.26. The molecule has 5 heteroatoms. The normalized spacial score (nSPS) is 15.8. The number of hydrogen-bond donors (Lipinski definition) is 2. The first-order chi connectivity index (χ1) is 9.78. The van der Waals surface area contributed by atoms with Gasteiger partial charge in [0.05, 0.1) is 13.7 Å². The highest BCUT2D eigenvalue weighted by Crippen LogP contribution is 2.24. The molecule has 1 saturated heterocycles. The summed E-state index contributed by atoms with van der Waals surface area (Å²) in [5.41, 5.74) is 2.33. The Balaban J connectivity index is 1.75. The summed E-state index contributed by atoms with van der Waals surface area (Å²) >= 11 is 0. The van der Waals surface area contributed by atoms with E-state index in [9.17, 15) is 4.79 Å². The Kier molecular flexibility index (Phi) is 3.60. The van der Waals surface area contributed by atoms with Gasteiger partial charge in [-0.05, 0) is 30.2 Å². The van der Waals surface area contributed by atoms with E-state index in [1.165, 1.54) is 10.9 Å². The summed E-state index contributed by atoms with van der Waals surface area (Å²) in [6.45, 7) is 2.91. The summed E-state index contributed by atoms with van der Waals surface area (Å²) in [6, 6.07) is 6.01. The Morgan fingerprint density at radius 2 is 2.30 bits per heavy atom. The lowest BCUT2D eigenvalue weighted by Gasteiger charge is -2.27. The van der Waals surface area contributed by atoms with Crippen molar-refractivity contribution >= 4 is 16.8 Å². The van der Waals surface area contributed by atoms with Gasteiger partial charge in [0.25, 0.3) is 0 Å². The fourth-order valence-corrected chi connectivity index (χ4v) is 2.63. The van der Waals surface area contributed by atoms with Crippen LogP contribution in [0.2, 0.25) is 0 Å². The van der Waals surface area contributed by atoms with Crippen LogP contribution in [0.25, 0.3) is 10.9 Å². The lowest BCUT2D eigenvalue weighted by molar-refractivity contribution is -0.131. The van der Waals surface area contributed by atoms with Gasteiger partial charge in [0.2, 0.25) is 5.91 Å². The largest absolute Gasteiger partial charge is 0.497 e. The number of H-pyrrole nitrogens is 1. The minimum atomic E-state index is 0.189. The van der Waals surface area contributed by atoms with Gasteiger partial charge in [0.15, 0.2) is 0 Å². The Labute approximate surface area is 117 Å². The predicted molar refractivity (Wildman–Crippen MR) is 78.0 cm³/mol. The number of nitrogens with zero attached hydrogens (tertiary/aromatic N) is 1. The molecule has 3 rings (SSSR count). The number of methoxy groups -OCH3 is 1. The van der Waals surface area contributed by atoms with E-state index in [2.05, 4.69) is 10.3 Å². The minimum absolute atomic E-state index is 0.189. The molecule has 1 amide bonds. The number of fused-ring (bicyclic) bond motifs is 1. The van der Waals surface area contributed by atoms with Crippen molar-refractivity contribution in [3.05, 3.63) is 30.0 Å². The van der Waals surface area contributed by atoms with Crippen LogP contribution in [0.15, 0.2) is 24.4 Å². The van der Waals surface area contributed by atoms with Crippen molar-refractivity contribution < 1.29 is 9.53 Å². The van der Waals surface area contributed by atoms with Crippen LogP contribution in [0.5, 0.6) is 5.75 Å². The molecule has 20 heavy (non-hydrogen) atoms. The first kappa shape index (κ1) is 13.0. The quantitative estimate of drug-likeness (QED) is 0.878. The molecule has 1 aromatic carbocycles. The van der Waals surface area contributed by atoms with E-state index in [1.807, 2.05) is 29.3 Å². The fourth-order valence-electron chi connectivity index (χ4n) is 2.63. The third kappa shape index (κ3) is 2.49. The molecular formula is C15H19N3O2. The lowest BCUT2D eigenvalue weighted by Crippen LogP contribution is -2.48. The van der Waals surface area contributed by atoms with Gasteiger partial charge in [-0.3, -0.25) is 4.79 Å². The van der Waals surface area contributed by atoms with Gasteiger partial charge in [0.1, 0.15) is 5.75 Å². The van der Waals surface area contributed by atoms with Gasteiger partial charge < -0.3 is 19.9 Å². The Bertz CT molecular complexity index is 621. The van der Waals surface area contributed by atoms with E-state index >= 15 is 0 Å². The van der Waals surface area contributed by atoms with Crippen molar-refractivity contribution in [2.45, 2.75) is 6.42 Å². The van der Waals surface area contributed by atoms with E-state index in [-0.39, 0.29) is 5.91 Å². The molecule has 2 aromatic rings. The third-order valence-electron chi connectivity index (χ3n) is 3.81. The summed E-state index contributed by atoms with van der Waals surface area (Å²) in [5.74, 6) is 1.05. The van der Waals surface area contributed by atoms with Crippen molar-refractivity contribution in [3.8, 4) is 5.75 Å². The number of ether oxygens (including phenoxy) is 1. The molecular weight excluding hydrogens is 254 g/mol. The van der Waals surface area contributed by atoms with Crippen LogP contribution in [-0.4, -0.2) is 49.1 Å². The molecule has 1 aliphatic heterocycles. The third-order valence-corrected chi connectivity index (χ3v) is 3.81. The van der Waals surface area contributed by atoms with E-state index in [4.69, 9.17) is 4.74 Å². The van der Waals surface area contributed by atoms with E-state index in [0.29, 0.717) is 6.54 Å². The number of rotatable bonds is 4. The van der Waals surface area contributed by atoms with Crippen LogP contribution in [0.4, 0.5) is 0 Å². The lowest BCUT2D eigenvalue weighted by atomic mass is 10.1. The zero-order chi connectivity index (χ0) is 13.9. The second-order valence-electron chi connectivity index (χ2n) is 5.03. The maximum absolute atomic E-state index is 11.8. The molecule has 1 aromatic heterocycles. The minimum Gasteiger partial charge on any atom is -0.497 e. The molecule has 106 valence electrons. The predicted octanol–water partition coefficient (Wildman–Crippen LogP) is 1.15. The second-order valence-corrected chi connectivity index (χ2v) is 5.03. The van der Waals surface area contributed by atoms with E-state index < -0.39 is 0 Å². The Hall–Kier alpha value is -2.01. The number of aromatic amines is 1. The molecule has 1 aliphatic rings. The Morgan fingerprint density at radius 1 is 1.40 bits per heavy atom. The van der Waals surface area contributed by atoms with Gasteiger partial charge >= 0.3 is 0 Å². The topological polar surface area (TPSA) is 57.4 Å². The standard InChI is InChI=1S/C15H19N3O2/c1-20-12-2-3-14-13(8-12)11(9-17-14)4-6-18-7-5-16-10-15(18)19/h2-3,8-9,16-17H,4-7,10H2,1H3. The monoisotopic (exact) mass is 273 g/mol. The first-order valence-corrected chi connectivity index (χ1v) is 6.90. The van der Waals surface area contributed by atoms with Crippen LogP contribution >= 0.6 is 0 Å². The molecule has 0 radical (unpaired) electrons. The van der Waals surface area contributed by atoms with E-state index in [0.717, 1.165) is 37.3 Å². The van der Waals surface area contributed by atoms with Gasteiger partial charge in [-0.25, -0.2) is 0 Å². The highest BCUT2D eigenvalue weighted by Gasteiger charge is 2.17. The van der Waals surface area contributed by atoms with Crippen molar-refractivity contribution in [1.82, 2.24) is 15.2 Å². The number of amides is 1. The van der Waals surface area contributed by atoms with Crippen LogP contribution in [-0.2, 0) is 11.2 Å². The summed E-state index contributed by atoms with van der Waals surface area (Å²) < 4.78 is 5.27. The number of carbonyl (C=O) groups is 1. The van der Waals surface area contributed by atoms with Crippen LogP contribution < -0.4 is 10.1 Å². The zero-order valence-electron chi connectivity index (χ0n) is 11.6. The number of aromatic nitrogens is 1. The maximum atomic E-state index is 11.8. The molecule has 0 unspecified atom stereocenters. The number of piperazine rings is 1. The van der Waals surface area contributed by atoms with Crippen LogP contribution in [0.3, 0.4) is 0 Å². The van der Waals surface area contributed by atoms with Gasteiger partial charge in [-0.1, -0.05) is 0 Å². The van der Waals surface area contributed by atoms with Gasteiger partial charge in [0, 0.05) is 36.7 Å². The summed E-state index contributed by atoms with van der Waals surface area (Å²) in [4.78, 5) is 16.9. The van der Waals surface area contributed by atoms with Crippen LogP contribution in [0, 0.1) is 0 Å². The summed E-state index contributed by atoms with van der Waals surface area (Å²) in [7, 11) is 1.67. The zero-order valence-corrected chi connectivity index (χ0v) is 11.6. The highest BCUT2D eigenvalue weighted by molar-refractivity contribution is 5.85. The maximum Gasteiger partial charge on any atom is 0.236 e. The average Bonchev–Trinajstić information content (AvgIpc) is 2.88. The number of hydrogen-bond acceptors (Lipinski definition) is 3. The number of benzene rings is 1. The molecule has 2 N–H and O–H groups in total. The average molecular weight is 273 g/mol. The molecule has 0 spiro atoms. The fraction of sp³-hybridized carbons (Fsp3) is 0.400. The SMILES string of the molecule is COc1ccc2[nH]cc(CCN3CCNCC3=O)c2c1.